The van der Waals surface area contributed by atoms with Crippen molar-refractivity contribution in [3.63, 3.8) is 0 Å². The maximum Gasteiger partial charge on any atom is 0.311 e. The summed E-state index contributed by atoms with van der Waals surface area (Å²) in [6.07, 6.45) is 4.93. The summed E-state index contributed by atoms with van der Waals surface area (Å²) in [5.41, 5.74) is 2.49. The first-order valence-electron chi connectivity index (χ1n) is 7.35. The van der Waals surface area contributed by atoms with Crippen molar-refractivity contribution in [3.05, 3.63) is 29.3 Å². The Labute approximate surface area is 117 Å². The second-order valence-corrected chi connectivity index (χ2v) is 5.46. The third-order valence-electron chi connectivity index (χ3n) is 3.33. The van der Waals surface area contributed by atoms with Crippen LogP contribution in [-0.4, -0.2) is 5.97 Å². The minimum absolute atomic E-state index is 0.118. The van der Waals surface area contributed by atoms with Crippen LogP contribution in [0.5, 0.6) is 5.75 Å². The van der Waals surface area contributed by atoms with Gasteiger partial charge in [0.1, 0.15) is 5.75 Å². The van der Waals surface area contributed by atoms with Gasteiger partial charge in [0.05, 0.1) is 0 Å². The molecule has 0 saturated heterocycles. The van der Waals surface area contributed by atoms with E-state index in [1.54, 1.807) is 0 Å². The maximum absolute atomic E-state index is 11.7. The topological polar surface area (TPSA) is 26.3 Å². The molecule has 2 heteroatoms. The Morgan fingerprint density at radius 1 is 1.21 bits per heavy atom. The van der Waals surface area contributed by atoms with Crippen LogP contribution >= 0.6 is 0 Å². The molecular weight excluding hydrogens is 236 g/mol. The van der Waals surface area contributed by atoms with Crippen molar-refractivity contribution in [2.24, 2.45) is 0 Å². The van der Waals surface area contributed by atoms with Gasteiger partial charge in [-0.05, 0) is 42.5 Å². The molecule has 0 aliphatic rings. The zero-order chi connectivity index (χ0) is 14.3. The first kappa shape index (κ1) is 15.7. The number of unbranched alkanes of at least 4 members (excludes halogenated alkanes) is 3. The molecule has 106 valence electrons. The van der Waals surface area contributed by atoms with Crippen LogP contribution in [0.2, 0.25) is 0 Å². The summed E-state index contributed by atoms with van der Waals surface area (Å²) in [4.78, 5) is 11.7. The molecule has 0 spiro atoms. The zero-order valence-corrected chi connectivity index (χ0v) is 12.7. The van der Waals surface area contributed by atoms with Gasteiger partial charge in [-0.25, -0.2) is 0 Å². The number of hydrogen-bond donors (Lipinski definition) is 0. The van der Waals surface area contributed by atoms with Crippen LogP contribution in [0.25, 0.3) is 0 Å². The van der Waals surface area contributed by atoms with E-state index in [0.717, 1.165) is 12.8 Å². The van der Waals surface area contributed by atoms with E-state index in [1.165, 1.54) is 24.0 Å². The van der Waals surface area contributed by atoms with Crippen molar-refractivity contribution >= 4 is 5.97 Å². The van der Waals surface area contributed by atoms with E-state index < -0.39 is 0 Å². The number of benzene rings is 1. The number of ether oxygens (including phenoxy) is 1. The maximum atomic E-state index is 11.7. The first-order valence-corrected chi connectivity index (χ1v) is 7.35. The first-order chi connectivity index (χ1) is 9.04. The van der Waals surface area contributed by atoms with Gasteiger partial charge in [-0.2, -0.15) is 0 Å². The van der Waals surface area contributed by atoms with Gasteiger partial charge >= 0.3 is 5.97 Å². The lowest BCUT2D eigenvalue weighted by molar-refractivity contribution is -0.134. The normalized spacial score (nSPS) is 10.8. The summed E-state index contributed by atoms with van der Waals surface area (Å²) in [5, 5.41) is 0. The SMILES string of the molecule is CCCCCCC(=O)Oc1ccc(C(C)C)c(C)c1. The Morgan fingerprint density at radius 3 is 2.53 bits per heavy atom. The van der Waals surface area contributed by atoms with Crippen molar-refractivity contribution in [1.82, 2.24) is 0 Å². The predicted octanol–water partition coefficient (Wildman–Crippen LogP) is 4.99. The van der Waals surface area contributed by atoms with E-state index in [0.29, 0.717) is 18.1 Å². The van der Waals surface area contributed by atoms with E-state index >= 15 is 0 Å². The van der Waals surface area contributed by atoms with E-state index in [9.17, 15) is 4.79 Å². The van der Waals surface area contributed by atoms with Gasteiger partial charge < -0.3 is 4.74 Å². The summed E-state index contributed by atoms with van der Waals surface area (Å²) in [6.45, 7) is 8.56. The Bertz CT molecular complexity index is 408. The molecule has 1 aromatic carbocycles. The van der Waals surface area contributed by atoms with E-state index in [1.807, 2.05) is 12.1 Å². The van der Waals surface area contributed by atoms with Crippen LogP contribution in [0.15, 0.2) is 18.2 Å². The Hall–Kier alpha value is -1.31. The van der Waals surface area contributed by atoms with Crippen molar-refractivity contribution in [3.8, 4) is 5.75 Å². The molecule has 0 atom stereocenters. The molecule has 0 unspecified atom stereocenters. The summed E-state index contributed by atoms with van der Waals surface area (Å²) in [6, 6.07) is 5.91. The summed E-state index contributed by atoms with van der Waals surface area (Å²) in [5.74, 6) is 1.05. The molecule has 1 aromatic rings. The van der Waals surface area contributed by atoms with Gasteiger partial charge in [0.25, 0.3) is 0 Å². The molecule has 0 bridgehead atoms. The fourth-order valence-corrected chi connectivity index (χ4v) is 2.24. The molecule has 0 aliphatic carbocycles. The van der Waals surface area contributed by atoms with E-state index in [2.05, 4.69) is 33.8 Å². The van der Waals surface area contributed by atoms with Crippen LogP contribution in [0.1, 0.15) is 69.9 Å². The number of hydrogen-bond acceptors (Lipinski definition) is 2. The second-order valence-electron chi connectivity index (χ2n) is 5.46. The molecule has 0 heterocycles. The van der Waals surface area contributed by atoms with Gasteiger partial charge in [0.15, 0.2) is 0 Å². The number of carbonyl (C=O) groups is 1. The molecule has 2 nitrogen and oxygen atoms in total. The molecule has 19 heavy (non-hydrogen) atoms. The standard InChI is InChI=1S/C17H26O2/c1-5-6-7-8-9-17(18)19-15-10-11-16(13(2)3)14(4)12-15/h10-13H,5-9H2,1-4H3. The summed E-state index contributed by atoms with van der Waals surface area (Å²) < 4.78 is 5.37. The van der Waals surface area contributed by atoms with Crippen LogP contribution < -0.4 is 4.74 Å². The highest BCUT2D eigenvalue weighted by Crippen LogP contribution is 2.23. The Morgan fingerprint density at radius 2 is 1.95 bits per heavy atom. The van der Waals surface area contributed by atoms with Crippen LogP contribution in [-0.2, 0) is 4.79 Å². The lowest BCUT2D eigenvalue weighted by atomic mass is 9.98. The van der Waals surface area contributed by atoms with E-state index in [-0.39, 0.29) is 5.97 Å². The van der Waals surface area contributed by atoms with Crippen LogP contribution in [0, 0.1) is 6.92 Å². The molecular formula is C17H26O2. The van der Waals surface area contributed by atoms with Gasteiger partial charge in [-0.3, -0.25) is 4.79 Å². The molecule has 1 rings (SSSR count). The van der Waals surface area contributed by atoms with Gasteiger partial charge in [-0.1, -0.05) is 46.1 Å². The quantitative estimate of drug-likeness (QED) is 0.393. The van der Waals surface area contributed by atoms with Crippen LogP contribution in [0.3, 0.4) is 0 Å². The van der Waals surface area contributed by atoms with Gasteiger partial charge in [0.2, 0.25) is 0 Å². The predicted molar refractivity (Wildman–Crippen MR) is 79.7 cm³/mol. The molecule has 0 aromatic heterocycles. The molecule has 0 aliphatic heterocycles. The van der Waals surface area contributed by atoms with Gasteiger partial charge in [-0.15, -0.1) is 0 Å². The molecule has 0 fully saturated rings. The highest BCUT2D eigenvalue weighted by molar-refractivity contribution is 5.72. The van der Waals surface area contributed by atoms with Crippen molar-refractivity contribution in [2.45, 2.75) is 65.7 Å². The lowest BCUT2D eigenvalue weighted by Crippen LogP contribution is -2.08. The van der Waals surface area contributed by atoms with Gasteiger partial charge in [0, 0.05) is 6.42 Å². The van der Waals surface area contributed by atoms with Crippen molar-refractivity contribution in [1.29, 1.82) is 0 Å². The minimum atomic E-state index is -0.118. The van der Waals surface area contributed by atoms with Crippen molar-refractivity contribution < 1.29 is 9.53 Å². The fourth-order valence-electron chi connectivity index (χ4n) is 2.24. The molecule has 0 N–H and O–H groups in total. The number of carbonyl (C=O) groups excluding carboxylic acids is 1. The minimum Gasteiger partial charge on any atom is -0.427 e. The Balaban J connectivity index is 2.48. The number of esters is 1. The number of aryl methyl sites for hydroxylation is 1. The smallest absolute Gasteiger partial charge is 0.311 e. The van der Waals surface area contributed by atoms with E-state index in [4.69, 9.17) is 4.74 Å². The fraction of sp³-hybridized carbons (Fsp3) is 0.588. The molecule has 0 saturated carbocycles. The lowest BCUT2D eigenvalue weighted by Gasteiger charge is -2.11. The zero-order valence-electron chi connectivity index (χ0n) is 12.7. The monoisotopic (exact) mass is 262 g/mol. The summed E-state index contributed by atoms with van der Waals surface area (Å²) in [7, 11) is 0. The van der Waals surface area contributed by atoms with Crippen LogP contribution in [0.4, 0.5) is 0 Å². The van der Waals surface area contributed by atoms with Crippen molar-refractivity contribution in [2.75, 3.05) is 0 Å². The molecule has 0 radical (unpaired) electrons. The second kappa shape index (κ2) is 7.98. The third kappa shape index (κ3) is 5.46. The number of rotatable bonds is 7. The largest absolute Gasteiger partial charge is 0.427 e. The average molecular weight is 262 g/mol. The Kier molecular flexibility index (Phi) is 6.61. The highest BCUT2D eigenvalue weighted by atomic mass is 16.5. The highest BCUT2D eigenvalue weighted by Gasteiger charge is 2.08. The molecule has 0 amide bonds. The third-order valence-corrected chi connectivity index (χ3v) is 3.33. The average Bonchev–Trinajstić information content (AvgIpc) is 2.34. The summed E-state index contributed by atoms with van der Waals surface area (Å²) >= 11 is 0.